The van der Waals surface area contributed by atoms with Gasteiger partial charge in [0.2, 0.25) is 17.8 Å². The summed E-state index contributed by atoms with van der Waals surface area (Å²) >= 11 is 0. The Bertz CT molecular complexity index is 1050. The monoisotopic (exact) mass is 393 g/mol. The Morgan fingerprint density at radius 3 is 2.79 bits per heavy atom. The van der Waals surface area contributed by atoms with E-state index in [2.05, 4.69) is 49.4 Å². The van der Waals surface area contributed by atoms with E-state index in [4.69, 9.17) is 10.5 Å². The normalized spacial score (nSPS) is 14.4. The zero-order chi connectivity index (χ0) is 20.6. The van der Waals surface area contributed by atoms with Crippen LogP contribution in [0.1, 0.15) is 19.5 Å². The number of pyridine rings is 2. The van der Waals surface area contributed by atoms with Gasteiger partial charge in [0.15, 0.2) is 5.82 Å². The van der Waals surface area contributed by atoms with Crippen LogP contribution in [0.4, 0.5) is 34.8 Å². The average Bonchev–Trinajstić information content (AvgIpc) is 3.00. The fourth-order valence-corrected chi connectivity index (χ4v) is 3.43. The van der Waals surface area contributed by atoms with Gasteiger partial charge in [-0.3, -0.25) is 4.98 Å². The molecule has 3 aromatic rings. The van der Waals surface area contributed by atoms with Crippen molar-refractivity contribution in [2.24, 2.45) is 0 Å². The standard InChI is InChI=1S/C19H23N9O/c1-19(2)9-28(13-6-5-7-22-14(13)19)18-24-10-23-17(27-18)25-12-8-11(20)15(21-3)26-16(12)29-4/h5-8,10H,9,20H2,1-4H3,(H,21,26)(H,23,24,25,27). The van der Waals surface area contributed by atoms with E-state index in [1.54, 1.807) is 13.1 Å². The van der Waals surface area contributed by atoms with Gasteiger partial charge in [0.05, 0.1) is 24.2 Å². The first-order valence-corrected chi connectivity index (χ1v) is 9.14. The molecule has 1 aliphatic rings. The minimum Gasteiger partial charge on any atom is -0.479 e. The van der Waals surface area contributed by atoms with E-state index in [0.717, 1.165) is 17.9 Å². The summed E-state index contributed by atoms with van der Waals surface area (Å²) in [6.07, 6.45) is 3.28. The second kappa shape index (κ2) is 7.04. The van der Waals surface area contributed by atoms with Gasteiger partial charge in [-0.15, -0.1) is 0 Å². The quantitative estimate of drug-likeness (QED) is 0.595. The number of methoxy groups -OCH3 is 1. The van der Waals surface area contributed by atoms with Crippen LogP contribution in [0.5, 0.6) is 5.88 Å². The summed E-state index contributed by atoms with van der Waals surface area (Å²) in [5.41, 5.74) is 8.98. The van der Waals surface area contributed by atoms with Gasteiger partial charge in [0.1, 0.15) is 12.0 Å². The van der Waals surface area contributed by atoms with Crippen LogP contribution in [0.2, 0.25) is 0 Å². The average molecular weight is 393 g/mol. The lowest BCUT2D eigenvalue weighted by Gasteiger charge is -2.20. The molecular formula is C19H23N9O. The maximum Gasteiger partial charge on any atom is 0.239 e. The number of hydrogen-bond acceptors (Lipinski definition) is 10. The molecule has 0 atom stereocenters. The number of rotatable bonds is 5. The van der Waals surface area contributed by atoms with E-state index in [9.17, 15) is 0 Å². The Kier molecular flexibility index (Phi) is 4.53. The lowest BCUT2D eigenvalue weighted by molar-refractivity contribution is 0.401. The summed E-state index contributed by atoms with van der Waals surface area (Å²) in [4.78, 5) is 24.1. The van der Waals surface area contributed by atoms with Gasteiger partial charge in [-0.25, -0.2) is 9.97 Å². The molecule has 4 rings (SSSR count). The summed E-state index contributed by atoms with van der Waals surface area (Å²) in [5, 5.41) is 6.05. The van der Waals surface area contributed by atoms with Gasteiger partial charge >= 0.3 is 0 Å². The molecule has 0 aliphatic carbocycles. The molecule has 0 unspecified atom stereocenters. The van der Waals surface area contributed by atoms with Crippen LogP contribution in [0.15, 0.2) is 30.7 Å². The fraction of sp³-hybridized carbons (Fsp3) is 0.316. The smallest absolute Gasteiger partial charge is 0.239 e. The minimum absolute atomic E-state index is 0.110. The van der Waals surface area contributed by atoms with E-state index < -0.39 is 0 Å². The molecule has 0 saturated carbocycles. The van der Waals surface area contributed by atoms with Gasteiger partial charge in [0.25, 0.3) is 0 Å². The van der Waals surface area contributed by atoms with E-state index in [-0.39, 0.29) is 5.41 Å². The first kappa shape index (κ1) is 18.7. The van der Waals surface area contributed by atoms with Crippen molar-refractivity contribution in [1.29, 1.82) is 0 Å². The van der Waals surface area contributed by atoms with Crippen LogP contribution >= 0.6 is 0 Å². The highest BCUT2D eigenvalue weighted by Crippen LogP contribution is 2.41. The van der Waals surface area contributed by atoms with Crippen molar-refractivity contribution < 1.29 is 4.74 Å². The summed E-state index contributed by atoms with van der Waals surface area (Å²) in [7, 11) is 3.28. The van der Waals surface area contributed by atoms with Crippen LogP contribution in [0.3, 0.4) is 0 Å². The van der Waals surface area contributed by atoms with Crippen molar-refractivity contribution in [2.45, 2.75) is 19.3 Å². The molecule has 10 heteroatoms. The van der Waals surface area contributed by atoms with Gasteiger partial charge in [-0.1, -0.05) is 13.8 Å². The number of nitrogens with two attached hydrogens (primary N) is 1. The van der Waals surface area contributed by atoms with Crippen LogP contribution in [-0.4, -0.2) is 45.6 Å². The highest BCUT2D eigenvalue weighted by molar-refractivity contribution is 5.73. The van der Waals surface area contributed by atoms with Crippen molar-refractivity contribution in [3.8, 4) is 5.88 Å². The van der Waals surface area contributed by atoms with E-state index in [1.165, 1.54) is 13.4 Å². The fourth-order valence-electron chi connectivity index (χ4n) is 3.43. The molecule has 1 aliphatic heterocycles. The van der Waals surface area contributed by atoms with Crippen LogP contribution in [-0.2, 0) is 5.41 Å². The van der Waals surface area contributed by atoms with Crippen molar-refractivity contribution in [3.63, 3.8) is 0 Å². The molecule has 0 saturated heterocycles. The summed E-state index contributed by atoms with van der Waals surface area (Å²) in [6.45, 7) is 5.03. The number of ether oxygens (including phenoxy) is 1. The third-order valence-corrected chi connectivity index (χ3v) is 4.77. The second-order valence-electron chi connectivity index (χ2n) is 7.31. The van der Waals surface area contributed by atoms with Gasteiger partial charge in [-0.05, 0) is 18.2 Å². The Morgan fingerprint density at radius 1 is 1.21 bits per heavy atom. The zero-order valence-electron chi connectivity index (χ0n) is 16.8. The maximum atomic E-state index is 6.03. The van der Waals surface area contributed by atoms with Crippen molar-refractivity contribution in [1.82, 2.24) is 24.9 Å². The Balaban J connectivity index is 1.67. The highest BCUT2D eigenvalue weighted by Gasteiger charge is 2.38. The molecule has 0 amide bonds. The molecule has 3 aromatic heterocycles. The second-order valence-corrected chi connectivity index (χ2v) is 7.31. The maximum absolute atomic E-state index is 6.03. The summed E-state index contributed by atoms with van der Waals surface area (Å²) < 4.78 is 5.36. The SMILES string of the molecule is CNc1nc(OC)c(Nc2ncnc(N3CC(C)(C)c4ncccc43)n2)cc1N. The number of aromatic nitrogens is 5. The third kappa shape index (κ3) is 3.33. The Labute approximate surface area is 168 Å². The lowest BCUT2D eigenvalue weighted by Crippen LogP contribution is -2.26. The first-order chi connectivity index (χ1) is 13.9. The molecule has 0 fully saturated rings. The molecule has 10 nitrogen and oxygen atoms in total. The number of nitrogens with one attached hydrogen (secondary N) is 2. The topological polar surface area (TPSA) is 127 Å². The van der Waals surface area contributed by atoms with Crippen molar-refractivity contribution in [3.05, 3.63) is 36.4 Å². The number of nitrogens with zero attached hydrogens (tertiary/aromatic N) is 6. The largest absolute Gasteiger partial charge is 0.479 e. The molecule has 0 spiro atoms. The van der Waals surface area contributed by atoms with Gasteiger partial charge in [-0.2, -0.15) is 9.97 Å². The summed E-state index contributed by atoms with van der Waals surface area (Å²) in [5.74, 6) is 1.81. The first-order valence-electron chi connectivity index (χ1n) is 9.14. The number of fused-ring (bicyclic) bond motifs is 1. The molecular weight excluding hydrogens is 370 g/mol. The predicted molar refractivity (Wildman–Crippen MR) is 112 cm³/mol. The van der Waals surface area contributed by atoms with E-state index in [0.29, 0.717) is 35.0 Å². The van der Waals surface area contributed by atoms with Crippen LogP contribution in [0, 0.1) is 0 Å². The molecule has 150 valence electrons. The van der Waals surface area contributed by atoms with E-state index in [1.807, 2.05) is 23.2 Å². The van der Waals surface area contributed by atoms with Crippen molar-refractivity contribution >= 4 is 34.8 Å². The van der Waals surface area contributed by atoms with Gasteiger partial charge < -0.3 is 26.0 Å². The predicted octanol–water partition coefficient (Wildman–Crippen LogP) is 2.47. The van der Waals surface area contributed by atoms with Crippen LogP contribution in [0.25, 0.3) is 0 Å². The zero-order valence-corrected chi connectivity index (χ0v) is 16.8. The van der Waals surface area contributed by atoms with Gasteiger partial charge in [0, 0.05) is 25.2 Å². The molecule has 0 radical (unpaired) electrons. The summed E-state index contributed by atoms with van der Waals surface area (Å²) in [6, 6.07) is 5.66. The third-order valence-electron chi connectivity index (χ3n) is 4.77. The molecule has 29 heavy (non-hydrogen) atoms. The highest BCUT2D eigenvalue weighted by atomic mass is 16.5. The molecule has 4 heterocycles. The molecule has 0 aromatic carbocycles. The van der Waals surface area contributed by atoms with E-state index >= 15 is 0 Å². The van der Waals surface area contributed by atoms with Crippen molar-refractivity contribution in [2.75, 3.05) is 42.0 Å². The minimum atomic E-state index is -0.110. The lowest BCUT2D eigenvalue weighted by atomic mass is 9.91. The molecule has 0 bridgehead atoms. The van der Waals surface area contributed by atoms with Crippen LogP contribution < -0.4 is 26.0 Å². The molecule has 4 N–H and O–H groups in total. The Hall–Kier alpha value is -3.69. The Morgan fingerprint density at radius 2 is 2.03 bits per heavy atom. The number of hydrogen-bond donors (Lipinski definition) is 3. The number of anilines is 6. The number of nitrogen functional groups attached to an aromatic ring is 1.